The number of amides is 1. The van der Waals surface area contributed by atoms with E-state index in [9.17, 15) is 4.79 Å². The molecule has 1 saturated heterocycles. The molecule has 2 heterocycles. The average Bonchev–Trinajstić information content (AvgIpc) is 3.23. The molecule has 126 valence electrons. The van der Waals surface area contributed by atoms with Crippen molar-refractivity contribution in [2.24, 2.45) is 0 Å². The summed E-state index contributed by atoms with van der Waals surface area (Å²) in [4.78, 5) is 18.5. The van der Waals surface area contributed by atoms with E-state index in [0.29, 0.717) is 34.7 Å². The molecule has 0 bridgehead atoms. The maximum atomic E-state index is 12.4. The van der Waals surface area contributed by atoms with Crippen LogP contribution in [-0.2, 0) is 4.79 Å². The zero-order valence-electron chi connectivity index (χ0n) is 13.0. The lowest BCUT2D eigenvalue weighted by Gasteiger charge is -2.16. The third-order valence-electron chi connectivity index (χ3n) is 4.14. The van der Waals surface area contributed by atoms with Crippen LogP contribution in [0.5, 0.6) is 0 Å². The van der Waals surface area contributed by atoms with Crippen molar-refractivity contribution < 1.29 is 9.32 Å². The lowest BCUT2D eigenvalue weighted by atomic mass is 10.1. The van der Waals surface area contributed by atoms with Crippen LogP contribution in [0.3, 0.4) is 0 Å². The molecule has 1 amide bonds. The molecule has 2 aromatic carbocycles. The minimum atomic E-state index is -0.111. The minimum Gasteiger partial charge on any atom is -0.334 e. The van der Waals surface area contributed by atoms with E-state index in [1.807, 2.05) is 24.3 Å². The normalized spacial score (nSPS) is 17.3. The van der Waals surface area contributed by atoms with E-state index in [1.54, 1.807) is 29.2 Å². The van der Waals surface area contributed by atoms with Gasteiger partial charge >= 0.3 is 0 Å². The van der Waals surface area contributed by atoms with Crippen molar-refractivity contribution in [1.29, 1.82) is 0 Å². The number of nitrogens with zero attached hydrogens (tertiary/aromatic N) is 3. The smallest absolute Gasteiger partial charge is 0.257 e. The molecule has 1 unspecified atom stereocenters. The molecule has 5 nitrogen and oxygen atoms in total. The largest absolute Gasteiger partial charge is 0.334 e. The number of rotatable bonds is 3. The summed E-state index contributed by atoms with van der Waals surface area (Å²) in [6.45, 7) is 0.509. The van der Waals surface area contributed by atoms with Crippen molar-refractivity contribution in [2.45, 2.75) is 12.3 Å². The summed E-state index contributed by atoms with van der Waals surface area (Å²) in [5, 5.41) is 5.29. The lowest BCUT2D eigenvalue weighted by molar-refractivity contribution is -0.117. The molecule has 3 aromatic rings. The lowest BCUT2D eigenvalue weighted by Crippen LogP contribution is -2.24. The fourth-order valence-electron chi connectivity index (χ4n) is 2.89. The van der Waals surface area contributed by atoms with Crippen LogP contribution in [0.15, 0.2) is 53.1 Å². The van der Waals surface area contributed by atoms with Gasteiger partial charge in [0.25, 0.3) is 5.89 Å². The number of hydrogen-bond donors (Lipinski definition) is 0. The second kappa shape index (κ2) is 6.50. The molecule has 4 rings (SSSR count). The number of carbonyl (C=O) groups excluding carboxylic acids is 1. The van der Waals surface area contributed by atoms with E-state index in [0.717, 1.165) is 11.3 Å². The summed E-state index contributed by atoms with van der Waals surface area (Å²) in [6.07, 6.45) is 0.344. The van der Waals surface area contributed by atoms with Gasteiger partial charge in [-0.3, -0.25) is 4.79 Å². The summed E-state index contributed by atoms with van der Waals surface area (Å²) < 4.78 is 5.34. The van der Waals surface area contributed by atoms with Gasteiger partial charge in [0.1, 0.15) is 0 Å². The Bertz CT molecular complexity index is 924. The molecular formula is C18H13Cl2N3O2. The summed E-state index contributed by atoms with van der Waals surface area (Å²) in [5.74, 6) is 0.843. The predicted octanol–water partition coefficient (Wildman–Crippen LogP) is 4.56. The van der Waals surface area contributed by atoms with Crippen LogP contribution < -0.4 is 4.90 Å². The van der Waals surface area contributed by atoms with Gasteiger partial charge in [-0.1, -0.05) is 34.4 Å². The Morgan fingerprint density at radius 2 is 1.88 bits per heavy atom. The van der Waals surface area contributed by atoms with Gasteiger partial charge in [0.15, 0.2) is 5.82 Å². The number of benzene rings is 2. The highest BCUT2D eigenvalue weighted by Gasteiger charge is 2.34. The van der Waals surface area contributed by atoms with Gasteiger partial charge in [0.2, 0.25) is 5.91 Å². The number of hydrogen-bond acceptors (Lipinski definition) is 4. The van der Waals surface area contributed by atoms with Crippen LogP contribution in [0.4, 0.5) is 5.69 Å². The van der Waals surface area contributed by atoms with Crippen molar-refractivity contribution in [3.05, 3.63) is 64.4 Å². The fourth-order valence-corrected chi connectivity index (χ4v) is 3.21. The molecule has 7 heteroatoms. The van der Waals surface area contributed by atoms with E-state index in [-0.39, 0.29) is 11.8 Å². The Labute approximate surface area is 154 Å². The zero-order chi connectivity index (χ0) is 17.4. The van der Waals surface area contributed by atoms with Crippen molar-refractivity contribution in [2.75, 3.05) is 11.4 Å². The standard InChI is InChI=1S/C18H13Cl2N3O2/c19-13-4-6-15(7-5-13)23-10-12(9-16(23)24)17-21-18(25-22-17)11-2-1-3-14(20)8-11/h1-8,12H,9-10H2. The van der Waals surface area contributed by atoms with Crippen LogP contribution in [0.25, 0.3) is 11.5 Å². The van der Waals surface area contributed by atoms with Crippen LogP contribution in [0.1, 0.15) is 18.2 Å². The van der Waals surface area contributed by atoms with Crippen molar-refractivity contribution in [3.8, 4) is 11.5 Å². The van der Waals surface area contributed by atoms with Crippen molar-refractivity contribution in [3.63, 3.8) is 0 Å². The van der Waals surface area contributed by atoms with E-state index >= 15 is 0 Å². The topological polar surface area (TPSA) is 59.2 Å². The van der Waals surface area contributed by atoms with Gasteiger partial charge < -0.3 is 9.42 Å². The Morgan fingerprint density at radius 1 is 1.08 bits per heavy atom. The second-order valence-corrected chi connectivity index (χ2v) is 6.72. The molecule has 1 atom stereocenters. The second-order valence-electron chi connectivity index (χ2n) is 5.85. The SMILES string of the molecule is O=C1CC(c2noc(-c3cccc(Cl)c3)n2)CN1c1ccc(Cl)cc1. The molecule has 1 aliphatic rings. The monoisotopic (exact) mass is 373 g/mol. The van der Waals surface area contributed by atoms with E-state index in [4.69, 9.17) is 27.7 Å². The van der Waals surface area contributed by atoms with Gasteiger partial charge in [0, 0.05) is 40.2 Å². The third kappa shape index (κ3) is 3.25. The van der Waals surface area contributed by atoms with Gasteiger partial charge in [-0.15, -0.1) is 0 Å². The van der Waals surface area contributed by atoms with Crippen LogP contribution in [0.2, 0.25) is 10.0 Å². The van der Waals surface area contributed by atoms with Crippen molar-refractivity contribution in [1.82, 2.24) is 10.1 Å². The summed E-state index contributed by atoms with van der Waals surface area (Å²) in [7, 11) is 0. The van der Waals surface area contributed by atoms with Gasteiger partial charge in [-0.25, -0.2) is 0 Å². The molecule has 1 aliphatic heterocycles. The van der Waals surface area contributed by atoms with Crippen molar-refractivity contribution >= 4 is 34.8 Å². The first-order chi connectivity index (χ1) is 12.1. The maximum Gasteiger partial charge on any atom is 0.257 e. The van der Waals surface area contributed by atoms with Crippen LogP contribution >= 0.6 is 23.2 Å². The maximum absolute atomic E-state index is 12.4. The van der Waals surface area contributed by atoms with E-state index < -0.39 is 0 Å². The Balaban J connectivity index is 1.55. The predicted molar refractivity (Wildman–Crippen MR) is 95.9 cm³/mol. The first-order valence-electron chi connectivity index (χ1n) is 7.75. The summed E-state index contributed by atoms with van der Waals surface area (Å²) in [5.41, 5.74) is 1.57. The van der Waals surface area contributed by atoms with E-state index in [2.05, 4.69) is 10.1 Å². The highest BCUT2D eigenvalue weighted by molar-refractivity contribution is 6.31. The quantitative estimate of drug-likeness (QED) is 0.674. The summed E-state index contributed by atoms with van der Waals surface area (Å²) in [6, 6.07) is 14.4. The highest BCUT2D eigenvalue weighted by Crippen LogP contribution is 2.32. The minimum absolute atomic E-state index is 0.0291. The van der Waals surface area contributed by atoms with Crippen LogP contribution in [0, 0.1) is 0 Å². The van der Waals surface area contributed by atoms with Gasteiger partial charge in [-0.05, 0) is 42.5 Å². The van der Waals surface area contributed by atoms with E-state index in [1.165, 1.54) is 0 Å². The fraction of sp³-hybridized carbons (Fsp3) is 0.167. The summed E-state index contributed by atoms with van der Waals surface area (Å²) >= 11 is 11.9. The Morgan fingerprint density at radius 3 is 2.64 bits per heavy atom. The number of halogens is 2. The molecule has 0 spiro atoms. The molecule has 0 radical (unpaired) electrons. The first-order valence-corrected chi connectivity index (χ1v) is 8.51. The third-order valence-corrected chi connectivity index (χ3v) is 4.63. The van der Waals surface area contributed by atoms with Gasteiger partial charge in [-0.2, -0.15) is 4.98 Å². The number of anilines is 1. The highest BCUT2D eigenvalue weighted by atomic mass is 35.5. The first kappa shape index (κ1) is 16.1. The molecule has 0 aliphatic carbocycles. The van der Waals surface area contributed by atoms with Gasteiger partial charge in [0.05, 0.1) is 0 Å². The molecular weight excluding hydrogens is 361 g/mol. The molecule has 1 fully saturated rings. The average molecular weight is 374 g/mol. The number of carbonyl (C=O) groups is 1. The van der Waals surface area contributed by atoms with Crippen LogP contribution in [-0.4, -0.2) is 22.6 Å². The number of aromatic nitrogens is 2. The molecule has 0 N–H and O–H groups in total. The Hall–Kier alpha value is -2.37. The Kier molecular flexibility index (Phi) is 4.19. The zero-order valence-corrected chi connectivity index (χ0v) is 14.5. The molecule has 0 saturated carbocycles. The molecule has 25 heavy (non-hydrogen) atoms. The molecule has 1 aromatic heterocycles.